The molecule has 0 saturated heterocycles. The molecule has 2 atom stereocenters. The molecule has 0 bridgehead atoms. The Hall–Kier alpha value is -0.590. The molecule has 0 fully saturated rings. The number of hydrogen-bond donors (Lipinski definition) is 2. The molecule has 0 spiro atoms. The van der Waals surface area contributed by atoms with Gasteiger partial charge in [-0.3, -0.25) is 4.79 Å². The molecule has 4 nitrogen and oxygen atoms in total. The molecule has 0 aromatic carbocycles. The van der Waals surface area contributed by atoms with E-state index in [0.717, 1.165) is 5.01 Å². The molecule has 2 unspecified atom stereocenters. The van der Waals surface area contributed by atoms with E-state index in [9.17, 15) is 4.79 Å². The van der Waals surface area contributed by atoms with Crippen LogP contribution in [0, 0.1) is 0 Å². The molecule has 0 aliphatic carbocycles. The SMILES string of the molecule is CSC(C)CNC(=O)c1csc(C(C)N)n1. The summed E-state index contributed by atoms with van der Waals surface area (Å²) in [5.41, 5.74) is 6.15. The number of thiazole rings is 1. The number of amides is 1. The van der Waals surface area contributed by atoms with Crippen molar-refractivity contribution in [2.45, 2.75) is 25.1 Å². The van der Waals surface area contributed by atoms with Gasteiger partial charge >= 0.3 is 0 Å². The van der Waals surface area contributed by atoms with Crippen LogP contribution in [-0.2, 0) is 0 Å². The van der Waals surface area contributed by atoms with Crippen molar-refractivity contribution in [3.05, 3.63) is 16.1 Å². The normalized spacial score (nSPS) is 14.5. The summed E-state index contributed by atoms with van der Waals surface area (Å²) in [5, 5.41) is 5.80. The maximum absolute atomic E-state index is 11.7. The van der Waals surface area contributed by atoms with Gasteiger partial charge in [0.05, 0.1) is 6.04 Å². The summed E-state index contributed by atoms with van der Waals surface area (Å²) in [4.78, 5) is 15.9. The van der Waals surface area contributed by atoms with Gasteiger partial charge in [0.2, 0.25) is 0 Å². The van der Waals surface area contributed by atoms with E-state index in [2.05, 4.69) is 17.2 Å². The fraction of sp³-hybridized carbons (Fsp3) is 0.600. The van der Waals surface area contributed by atoms with Crippen LogP contribution in [-0.4, -0.2) is 28.9 Å². The quantitative estimate of drug-likeness (QED) is 0.843. The Balaban J connectivity index is 2.53. The van der Waals surface area contributed by atoms with Crippen LogP contribution in [0.5, 0.6) is 0 Å². The van der Waals surface area contributed by atoms with Crippen molar-refractivity contribution in [2.24, 2.45) is 5.73 Å². The highest BCUT2D eigenvalue weighted by atomic mass is 32.2. The number of hydrogen-bond acceptors (Lipinski definition) is 5. The fourth-order valence-electron chi connectivity index (χ4n) is 1.01. The van der Waals surface area contributed by atoms with Crippen molar-refractivity contribution in [3.63, 3.8) is 0 Å². The predicted octanol–water partition coefficient (Wildman–Crippen LogP) is 1.64. The molecule has 0 radical (unpaired) electrons. The Bertz CT molecular complexity index is 352. The number of rotatable bonds is 5. The topological polar surface area (TPSA) is 68.0 Å². The minimum absolute atomic E-state index is 0.114. The van der Waals surface area contributed by atoms with Gasteiger partial charge in [-0.25, -0.2) is 4.98 Å². The number of nitrogens with two attached hydrogens (primary N) is 1. The summed E-state index contributed by atoms with van der Waals surface area (Å²) in [6.45, 7) is 4.58. The molecular weight excluding hydrogens is 242 g/mol. The van der Waals surface area contributed by atoms with Gasteiger partial charge < -0.3 is 11.1 Å². The maximum atomic E-state index is 11.7. The first kappa shape index (κ1) is 13.5. The Morgan fingerprint density at radius 3 is 2.88 bits per heavy atom. The van der Waals surface area contributed by atoms with Crippen molar-refractivity contribution >= 4 is 29.0 Å². The Morgan fingerprint density at radius 2 is 2.38 bits per heavy atom. The summed E-state index contributed by atoms with van der Waals surface area (Å²) in [5.74, 6) is -0.121. The molecule has 0 aliphatic heterocycles. The van der Waals surface area contributed by atoms with E-state index in [1.54, 1.807) is 17.1 Å². The van der Waals surface area contributed by atoms with Crippen LogP contribution in [0.3, 0.4) is 0 Å². The monoisotopic (exact) mass is 259 g/mol. The van der Waals surface area contributed by atoms with E-state index in [0.29, 0.717) is 17.5 Å². The third-order valence-corrected chi connectivity index (χ3v) is 4.11. The van der Waals surface area contributed by atoms with Gasteiger partial charge in [-0.05, 0) is 13.2 Å². The molecule has 1 aromatic heterocycles. The smallest absolute Gasteiger partial charge is 0.270 e. The van der Waals surface area contributed by atoms with Crippen molar-refractivity contribution in [1.82, 2.24) is 10.3 Å². The standard InChI is InChI=1S/C10H17N3OS2/c1-6(15-3)4-12-9(14)8-5-16-10(13-8)7(2)11/h5-7H,4,11H2,1-3H3,(H,12,14). The van der Waals surface area contributed by atoms with Gasteiger partial charge in [-0.2, -0.15) is 11.8 Å². The second-order valence-electron chi connectivity index (χ2n) is 3.62. The van der Waals surface area contributed by atoms with Gasteiger partial charge in [0.15, 0.2) is 0 Å². The molecular formula is C10H17N3OS2. The van der Waals surface area contributed by atoms with E-state index >= 15 is 0 Å². The first-order valence-corrected chi connectivity index (χ1v) is 7.23. The zero-order valence-electron chi connectivity index (χ0n) is 9.69. The van der Waals surface area contributed by atoms with Crippen LogP contribution in [0.25, 0.3) is 0 Å². The Kier molecular flexibility index (Phi) is 5.24. The Morgan fingerprint density at radius 1 is 1.69 bits per heavy atom. The van der Waals surface area contributed by atoms with Gasteiger partial charge in [0, 0.05) is 17.2 Å². The lowest BCUT2D eigenvalue weighted by atomic mass is 10.4. The van der Waals surface area contributed by atoms with Gasteiger partial charge in [-0.15, -0.1) is 11.3 Å². The number of nitrogens with one attached hydrogen (secondary N) is 1. The highest BCUT2D eigenvalue weighted by Crippen LogP contribution is 2.15. The van der Waals surface area contributed by atoms with Crippen LogP contribution in [0.2, 0.25) is 0 Å². The number of carbonyl (C=O) groups is 1. The van der Waals surface area contributed by atoms with Crippen LogP contribution < -0.4 is 11.1 Å². The van der Waals surface area contributed by atoms with Crippen LogP contribution >= 0.6 is 23.1 Å². The summed E-state index contributed by atoms with van der Waals surface area (Å²) >= 11 is 3.14. The van der Waals surface area contributed by atoms with Crippen molar-refractivity contribution in [2.75, 3.05) is 12.8 Å². The predicted molar refractivity (Wildman–Crippen MR) is 70.0 cm³/mol. The molecule has 1 amide bonds. The summed E-state index contributed by atoms with van der Waals surface area (Å²) in [7, 11) is 0. The molecule has 3 N–H and O–H groups in total. The maximum Gasteiger partial charge on any atom is 0.270 e. The first-order chi connectivity index (χ1) is 7.54. The Labute approximate surface area is 104 Å². The third kappa shape index (κ3) is 3.77. The molecule has 1 heterocycles. The summed E-state index contributed by atoms with van der Waals surface area (Å²) < 4.78 is 0. The highest BCUT2D eigenvalue weighted by Gasteiger charge is 2.12. The zero-order valence-corrected chi connectivity index (χ0v) is 11.3. The molecule has 1 aromatic rings. The number of thioether (sulfide) groups is 1. The lowest BCUT2D eigenvalue weighted by molar-refractivity contribution is 0.0949. The highest BCUT2D eigenvalue weighted by molar-refractivity contribution is 7.99. The second-order valence-corrected chi connectivity index (χ2v) is 5.78. The summed E-state index contributed by atoms with van der Waals surface area (Å²) in [6.07, 6.45) is 2.02. The number of aromatic nitrogens is 1. The number of carbonyl (C=O) groups excluding carboxylic acids is 1. The lowest BCUT2D eigenvalue weighted by Gasteiger charge is -2.08. The van der Waals surface area contributed by atoms with E-state index in [4.69, 9.17) is 5.73 Å². The number of nitrogens with zero attached hydrogens (tertiary/aromatic N) is 1. The second kappa shape index (κ2) is 6.22. The lowest BCUT2D eigenvalue weighted by Crippen LogP contribution is -2.29. The molecule has 0 aliphatic rings. The van der Waals surface area contributed by atoms with Crippen LogP contribution in [0.4, 0.5) is 0 Å². The average molecular weight is 259 g/mol. The van der Waals surface area contributed by atoms with E-state index < -0.39 is 0 Å². The van der Waals surface area contributed by atoms with Gasteiger partial charge in [0.1, 0.15) is 10.7 Å². The molecule has 0 saturated carbocycles. The average Bonchev–Trinajstić information content (AvgIpc) is 2.74. The molecule has 16 heavy (non-hydrogen) atoms. The van der Waals surface area contributed by atoms with Crippen molar-refractivity contribution < 1.29 is 4.79 Å². The van der Waals surface area contributed by atoms with Crippen LogP contribution in [0.15, 0.2) is 5.38 Å². The minimum Gasteiger partial charge on any atom is -0.350 e. The van der Waals surface area contributed by atoms with Crippen LogP contribution in [0.1, 0.15) is 35.4 Å². The van der Waals surface area contributed by atoms with Crippen molar-refractivity contribution in [3.8, 4) is 0 Å². The van der Waals surface area contributed by atoms with E-state index in [1.165, 1.54) is 11.3 Å². The molecule has 1 rings (SSSR count). The molecule has 90 valence electrons. The zero-order chi connectivity index (χ0) is 12.1. The molecule has 6 heteroatoms. The summed E-state index contributed by atoms with van der Waals surface area (Å²) in [6, 6.07) is -0.114. The largest absolute Gasteiger partial charge is 0.350 e. The third-order valence-electron chi connectivity index (χ3n) is 2.10. The van der Waals surface area contributed by atoms with Gasteiger partial charge in [0.25, 0.3) is 5.91 Å². The van der Waals surface area contributed by atoms with E-state index in [1.807, 2.05) is 13.2 Å². The van der Waals surface area contributed by atoms with Crippen molar-refractivity contribution in [1.29, 1.82) is 0 Å². The minimum atomic E-state index is -0.121. The van der Waals surface area contributed by atoms with Gasteiger partial charge in [-0.1, -0.05) is 6.92 Å². The first-order valence-electron chi connectivity index (χ1n) is 5.06. The van der Waals surface area contributed by atoms with E-state index in [-0.39, 0.29) is 11.9 Å². The fourth-order valence-corrected chi connectivity index (χ4v) is 2.02.